The lowest BCUT2D eigenvalue weighted by molar-refractivity contribution is -0.159. The van der Waals surface area contributed by atoms with Crippen LogP contribution in [0.1, 0.15) is 6.42 Å². The van der Waals surface area contributed by atoms with Crippen LogP contribution in [-0.2, 0) is 4.74 Å². The lowest BCUT2D eigenvalue weighted by Crippen LogP contribution is -2.44. The quantitative estimate of drug-likeness (QED) is 0.769. The first-order valence-electron chi connectivity index (χ1n) is 5.07. The average molecular weight is 256 g/mol. The van der Waals surface area contributed by atoms with Gasteiger partial charge < -0.3 is 10.5 Å². The van der Waals surface area contributed by atoms with Crippen molar-refractivity contribution in [2.45, 2.75) is 12.6 Å². The van der Waals surface area contributed by atoms with Crippen molar-refractivity contribution in [2.24, 2.45) is 11.7 Å². The molecule has 3 nitrogen and oxygen atoms in total. The van der Waals surface area contributed by atoms with Crippen LogP contribution >= 0.6 is 12.2 Å². The summed E-state index contributed by atoms with van der Waals surface area (Å²) >= 11 is 4.47. The number of nitrogens with two attached hydrogens (primary N) is 1. The van der Waals surface area contributed by atoms with Crippen LogP contribution in [0.3, 0.4) is 0 Å². The van der Waals surface area contributed by atoms with Crippen molar-refractivity contribution in [3.8, 4) is 0 Å². The van der Waals surface area contributed by atoms with Gasteiger partial charge in [-0.1, -0.05) is 12.2 Å². The van der Waals surface area contributed by atoms with E-state index in [0.29, 0.717) is 26.3 Å². The number of thiocarbonyl (C=S) groups is 1. The van der Waals surface area contributed by atoms with E-state index < -0.39 is 17.1 Å². The summed E-state index contributed by atoms with van der Waals surface area (Å²) in [6, 6.07) is 0. The first kappa shape index (κ1) is 13.7. The molecule has 0 aromatic heterocycles. The Morgan fingerprint density at radius 1 is 1.38 bits per heavy atom. The van der Waals surface area contributed by atoms with Crippen molar-refractivity contribution in [1.29, 1.82) is 0 Å². The molecule has 2 N–H and O–H groups in total. The van der Waals surface area contributed by atoms with Crippen molar-refractivity contribution in [1.82, 2.24) is 4.90 Å². The number of nitrogens with zero attached hydrogens (tertiary/aromatic N) is 1. The third-order valence-electron chi connectivity index (χ3n) is 2.49. The third-order valence-corrected chi connectivity index (χ3v) is 2.78. The Bertz CT molecular complexity index is 239. The minimum Gasteiger partial charge on any atom is -0.393 e. The van der Waals surface area contributed by atoms with Gasteiger partial charge >= 0.3 is 6.18 Å². The standard InChI is InChI=1S/C9H15F3N2OS/c10-9(11,12)7(8(13)16)6-14-2-1-4-15-5-3-14/h7H,1-6H2,(H2,13,16). The van der Waals surface area contributed by atoms with E-state index in [0.717, 1.165) is 6.42 Å². The van der Waals surface area contributed by atoms with Crippen molar-refractivity contribution < 1.29 is 17.9 Å². The highest BCUT2D eigenvalue weighted by molar-refractivity contribution is 7.80. The maximum Gasteiger partial charge on any atom is 0.399 e. The SMILES string of the molecule is NC(=S)C(CN1CCCOCC1)C(F)(F)F. The molecule has 1 aliphatic rings. The predicted molar refractivity (Wildman–Crippen MR) is 58.2 cm³/mol. The molecule has 1 atom stereocenters. The molecular weight excluding hydrogens is 241 g/mol. The van der Waals surface area contributed by atoms with Gasteiger partial charge in [-0.3, -0.25) is 4.90 Å². The van der Waals surface area contributed by atoms with Gasteiger partial charge in [0.2, 0.25) is 0 Å². The fourth-order valence-electron chi connectivity index (χ4n) is 1.59. The Balaban J connectivity index is 2.56. The lowest BCUT2D eigenvalue weighted by Gasteiger charge is -2.26. The second kappa shape index (κ2) is 5.79. The first-order valence-corrected chi connectivity index (χ1v) is 5.48. The van der Waals surface area contributed by atoms with E-state index in [1.807, 2.05) is 0 Å². The van der Waals surface area contributed by atoms with Gasteiger partial charge in [-0.25, -0.2) is 0 Å². The highest BCUT2D eigenvalue weighted by Gasteiger charge is 2.42. The molecular formula is C9H15F3N2OS. The summed E-state index contributed by atoms with van der Waals surface area (Å²) in [5.74, 6) is -1.72. The zero-order valence-electron chi connectivity index (χ0n) is 8.79. The number of hydrogen-bond donors (Lipinski definition) is 1. The maximum atomic E-state index is 12.6. The second-order valence-electron chi connectivity index (χ2n) is 3.76. The molecule has 1 aliphatic heterocycles. The Labute approximate surface area is 97.7 Å². The topological polar surface area (TPSA) is 38.5 Å². The summed E-state index contributed by atoms with van der Waals surface area (Å²) in [4.78, 5) is 1.21. The Morgan fingerprint density at radius 3 is 2.62 bits per heavy atom. The van der Waals surface area contributed by atoms with Gasteiger partial charge in [0.1, 0.15) is 5.92 Å². The zero-order chi connectivity index (χ0) is 12.2. The van der Waals surface area contributed by atoms with Crippen LogP contribution in [0.4, 0.5) is 13.2 Å². The highest BCUT2D eigenvalue weighted by Crippen LogP contribution is 2.27. The third kappa shape index (κ3) is 4.23. The lowest BCUT2D eigenvalue weighted by atomic mass is 10.1. The van der Waals surface area contributed by atoms with E-state index in [1.54, 1.807) is 4.90 Å². The molecule has 0 aromatic carbocycles. The Morgan fingerprint density at radius 2 is 2.06 bits per heavy atom. The van der Waals surface area contributed by atoms with E-state index in [2.05, 4.69) is 12.2 Å². The van der Waals surface area contributed by atoms with E-state index in [1.165, 1.54) is 0 Å². The van der Waals surface area contributed by atoms with Crippen LogP contribution in [0.2, 0.25) is 0 Å². The van der Waals surface area contributed by atoms with Crippen molar-refractivity contribution in [2.75, 3.05) is 32.8 Å². The van der Waals surface area contributed by atoms with Gasteiger partial charge in [-0.15, -0.1) is 0 Å². The smallest absolute Gasteiger partial charge is 0.393 e. The second-order valence-corrected chi connectivity index (χ2v) is 4.23. The van der Waals surface area contributed by atoms with Crippen LogP contribution < -0.4 is 5.73 Å². The average Bonchev–Trinajstić information content (AvgIpc) is 2.39. The van der Waals surface area contributed by atoms with Crippen molar-refractivity contribution in [3.05, 3.63) is 0 Å². The number of hydrogen-bond acceptors (Lipinski definition) is 3. The molecule has 0 bridgehead atoms. The molecule has 0 amide bonds. The number of alkyl halides is 3. The molecule has 1 rings (SSSR count). The van der Waals surface area contributed by atoms with E-state index >= 15 is 0 Å². The molecule has 0 aromatic rings. The summed E-state index contributed by atoms with van der Waals surface area (Å²) in [5.41, 5.74) is 5.13. The monoisotopic (exact) mass is 256 g/mol. The summed E-state index contributed by atoms with van der Waals surface area (Å²) in [5, 5.41) is 0. The van der Waals surface area contributed by atoms with Gasteiger partial charge in [0.25, 0.3) is 0 Å². The largest absolute Gasteiger partial charge is 0.399 e. The molecule has 0 radical (unpaired) electrons. The summed E-state index contributed by atoms with van der Waals surface area (Å²) in [6.45, 7) is 1.98. The summed E-state index contributed by atoms with van der Waals surface area (Å²) in [6.07, 6.45) is -3.62. The number of halogens is 3. The predicted octanol–water partition coefficient (Wildman–Crippen LogP) is 1.17. The molecule has 0 spiro atoms. The van der Waals surface area contributed by atoms with E-state index in [-0.39, 0.29) is 6.54 Å². The van der Waals surface area contributed by atoms with Gasteiger partial charge in [0.15, 0.2) is 0 Å². The number of ether oxygens (including phenoxy) is 1. The van der Waals surface area contributed by atoms with E-state index in [4.69, 9.17) is 10.5 Å². The minimum atomic E-state index is -4.36. The Kier molecular flexibility index (Phi) is 4.94. The Hall–Kier alpha value is -0.400. The van der Waals surface area contributed by atoms with Crippen molar-refractivity contribution in [3.63, 3.8) is 0 Å². The van der Waals surface area contributed by atoms with Crippen LogP contribution in [0.25, 0.3) is 0 Å². The van der Waals surface area contributed by atoms with E-state index in [9.17, 15) is 13.2 Å². The van der Waals surface area contributed by atoms with Gasteiger partial charge in [0.05, 0.1) is 11.6 Å². The first-order chi connectivity index (χ1) is 7.41. The normalized spacial score (nSPS) is 21.4. The highest BCUT2D eigenvalue weighted by atomic mass is 32.1. The molecule has 16 heavy (non-hydrogen) atoms. The van der Waals surface area contributed by atoms with Crippen LogP contribution in [0.15, 0.2) is 0 Å². The van der Waals surface area contributed by atoms with Gasteiger partial charge in [0, 0.05) is 26.2 Å². The zero-order valence-corrected chi connectivity index (χ0v) is 9.61. The molecule has 94 valence electrons. The molecule has 0 saturated carbocycles. The molecule has 7 heteroatoms. The fourth-order valence-corrected chi connectivity index (χ4v) is 1.80. The van der Waals surface area contributed by atoms with Gasteiger partial charge in [-0.2, -0.15) is 13.2 Å². The van der Waals surface area contributed by atoms with Crippen LogP contribution in [0, 0.1) is 5.92 Å². The molecule has 1 saturated heterocycles. The summed E-state index contributed by atoms with van der Waals surface area (Å²) in [7, 11) is 0. The summed E-state index contributed by atoms with van der Waals surface area (Å²) < 4.78 is 43.0. The number of rotatable bonds is 3. The molecule has 1 fully saturated rings. The molecule has 0 aliphatic carbocycles. The fraction of sp³-hybridized carbons (Fsp3) is 0.889. The van der Waals surface area contributed by atoms with Crippen LogP contribution in [-0.4, -0.2) is 48.9 Å². The van der Waals surface area contributed by atoms with Crippen LogP contribution in [0.5, 0.6) is 0 Å². The van der Waals surface area contributed by atoms with Crippen molar-refractivity contribution >= 4 is 17.2 Å². The van der Waals surface area contributed by atoms with Gasteiger partial charge in [-0.05, 0) is 6.42 Å². The minimum absolute atomic E-state index is 0.164. The molecule has 1 unspecified atom stereocenters. The maximum absolute atomic E-state index is 12.6. The molecule has 1 heterocycles.